The Kier molecular flexibility index (Phi) is 3.44. The third-order valence-corrected chi connectivity index (χ3v) is 3.21. The van der Waals surface area contributed by atoms with E-state index >= 15 is 0 Å². The summed E-state index contributed by atoms with van der Waals surface area (Å²) in [6.45, 7) is 6.47. The van der Waals surface area contributed by atoms with Gasteiger partial charge in [-0.1, -0.05) is 13.8 Å². The number of nitrogens with two attached hydrogens (primary N) is 1. The van der Waals surface area contributed by atoms with Crippen LogP contribution in [0, 0.1) is 5.92 Å². The highest BCUT2D eigenvalue weighted by Gasteiger charge is 2.31. The fourth-order valence-electron chi connectivity index (χ4n) is 2.41. The summed E-state index contributed by atoms with van der Waals surface area (Å²) < 4.78 is 2.12. The summed E-state index contributed by atoms with van der Waals surface area (Å²) in [5.41, 5.74) is 2.25. The zero-order valence-electron chi connectivity index (χ0n) is 10.3. The van der Waals surface area contributed by atoms with Crippen LogP contribution >= 0.6 is 0 Å². The number of hydrogen-bond donors (Lipinski definition) is 2. The second-order valence-corrected chi connectivity index (χ2v) is 4.70. The van der Waals surface area contributed by atoms with Crippen LogP contribution in [-0.4, -0.2) is 32.9 Å². The molecule has 6 heteroatoms. The number of nitrogens with zero attached hydrogens (tertiary/aromatic N) is 3. The molecule has 1 aliphatic rings. The Hall–Kier alpha value is -1.40. The van der Waals surface area contributed by atoms with Crippen LogP contribution in [0.15, 0.2) is 12.4 Å². The standard InChI is InChI=1S/C11H19N5O/c1-8(2)10(11(17)14-12)16-6-5-15-4-3-13-9(15)7-16/h3-4,8,10H,5-7,12H2,1-2H3,(H,14,17). The molecule has 1 amide bonds. The Balaban J connectivity index is 2.14. The van der Waals surface area contributed by atoms with Crippen LogP contribution in [-0.2, 0) is 17.9 Å². The smallest absolute Gasteiger partial charge is 0.251 e. The lowest BCUT2D eigenvalue weighted by Gasteiger charge is -2.35. The maximum Gasteiger partial charge on any atom is 0.251 e. The zero-order valence-corrected chi connectivity index (χ0v) is 10.3. The minimum atomic E-state index is -0.189. The summed E-state index contributed by atoms with van der Waals surface area (Å²) >= 11 is 0. The summed E-state index contributed by atoms with van der Waals surface area (Å²) in [5, 5.41) is 0. The van der Waals surface area contributed by atoms with Crippen molar-refractivity contribution in [2.24, 2.45) is 11.8 Å². The third kappa shape index (κ3) is 2.32. The minimum absolute atomic E-state index is 0.125. The molecular weight excluding hydrogens is 218 g/mol. The van der Waals surface area contributed by atoms with Crippen molar-refractivity contribution in [3.63, 3.8) is 0 Å². The van der Waals surface area contributed by atoms with Gasteiger partial charge < -0.3 is 4.57 Å². The topological polar surface area (TPSA) is 76.2 Å². The highest BCUT2D eigenvalue weighted by Crippen LogP contribution is 2.18. The minimum Gasteiger partial charge on any atom is -0.333 e. The Morgan fingerprint density at radius 1 is 1.53 bits per heavy atom. The average Bonchev–Trinajstić information content (AvgIpc) is 2.75. The molecule has 1 atom stereocenters. The first-order valence-corrected chi connectivity index (χ1v) is 5.88. The van der Waals surface area contributed by atoms with Gasteiger partial charge in [-0.05, 0) is 5.92 Å². The molecule has 1 aromatic rings. The fraction of sp³-hybridized carbons (Fsp3) is 0.636. The molecule has 0 saturated carbocycles. The molecule has 0 aliphatic carbocycles. The van der Waals surface area contributed by atoms with Crippen molar-refractivity contribution in [2.45, 2.75) is 33.0 Å². The molecular formula is C11H19N5O. The van der Waals surface area contributed by atoms with E-state index in [0.717, 1.165) is 18.9 Å². The first-order chi connectivity index (χ1) is 8.13. The largest absolute Gasteiger partial charge is 0.333 e. The normalized spacial score (nSPS) is 17.9. The van der Waals surface area contributed by atoms with Gasteiger partial charge >= 0.3 is 0 Å². The van der Waals surface area contributed by atoms with Crippen molar-refractivity contribution in [3.05, 3.63) is 18.2 Å². The number of carbonyl (C=O) groups is 1. The summed E-state index contributed by atoms with van der Waals surface area (Å²) in [7, 11) is 0. The van der Waals surface area contributed by atoms with Gasteiger partial charge in [-0.3, -0.25) is 15.1 Å². The summed E-state index contributed by atoms with van der Waals surface area (Å²) in [6, 6.07) is -0.189. The van der Waals surface area contributed by atoms with Crippen LogP contribution in [0.5, 0.6) is 0 Å². The lowest BCUT2D eigenvalue weighted by Crippen LogP contribution is -2.53. The van der Waals surface area contributed by atoms with Crippen molar-refractivity contribution >= 4 is 5.91 Å². The second-order valence-electron chi connectivity index (χ2n) is 4.70. The van der Waals surface area contributed by atoms with Crippen molar-refractivity contribution in [2.75, 3.05) is 6.54 Å². The molecule has 2 rings (SSSR count). The number of rotatable bonds is 3. The number of carbonyl (C=O) groups excluding carboxylic acids is 1. The SMILES string of the molecule is CC(C)C(C(=O)NN)N1CCn2ccnc2C1. The van der Waals surface area contributed by atoms with Crippen LogP contribution in [0.3, 0.4) is 0 Å². The summed E-state index contributed by atoms with van der Waals surface area (Å²) in [5.74, 6) is 6.35. The number of imidazole rings is 1. The second kappa shape index (κ2) is 4.85. The van der Waals surface area contributed by atoms with E-state index in [9.17, 15) is 4.79 Å². The molecule has 0 bridgehead atoms. The summed E-state index contributed by atoms with van der Waals surface area (Å²) in [4.78, 5) is 18.2. The number of hydrogen-bond acceptors (Lipinski definition) is 4. The van der Waals surface area contributed by atoms with Gasteiger partial charge in [0.2, 0.25) is 0 Å². The molecule has 0 radical (unpaired) electrons. The summed E-state index contributed by atoms with van der Waals surface area (Å²) in [6.07, 6.45) is 3.77. The maximum atomic E-state index is 11.8. The van der Waals surface area contributed by atoms with Gasteiger partial charge in [0.25, 0.3) is 5.91 Å². The molecule has 17 heavy (non-hydrogen) atoms. The number of amides is 1. The molecule has 1 unspecified atom stereocenters. The highest BCUT2D eigenvalue weighted by atomic mass is 16.2. The molecule has 3 N–H and O–H groups in total. The molecule has 6 nitrogen and oxygen atoms in total. The van der Waals surface area contributed by atoms with Gasteiger partial charge in [0, 0.05) is 25.5 Å². The van der Waals surface area contributed by atoms with E-state index in [-0.39, 0.29) is 17.9 Å². The number of fused-ring (bicyclic) bond motifs is 1. The number of nitrogens with one attached hydrogen (secondary N) is 1. The van der Waals surface area contributed by atoms with Crippen molar-refractivity contribution < 1.29 is 4.79 Å². The molecule has 1 aromatic heterocycles. The first-order valence-electron chi connectivity index (χ1n) is 5.88. The highest BCUT2D eigenvalue weighted by molar-refractivity contribution is 5.81. The van der Waals surface area contributed by atoms with E-state index in [1.807, 2.05) is 20.0 Å². The van der Waals surface area contributed by atoms with Crippen LogP contribution in [0.1, 0.15) is 19.7 Å². The van der Waals surface area contributed by atoms with Crippen LogP contribution in [0.2, 0.25) is 0 Å². The maximum absolute atomic E-state index is 11.8. The van der Waals surface area contributed by atoms with Gasteiger partial charge in [-0.15, -0.1) is 0 Å². The van der Waals surface area contributed by atoms with E-state index in [4.69, 9.17) is 5.84 Å². The number of hydrazine groups is 1. The van der Waals surface area contributed by atoms with Crippen LogP contribution in [0.25, 0.3) is 0 Å². The molecule has 2 heterocycles. The van der Waals surface area contributed by atoms with E-state index in [2.05, 4.69) is 19.9 Å². The van der Waals surface area contributed by atoms with Gasteiger partial charge in [0.15, 0.2) is 0 Å². The Labute approximate surface area is 101 Å². The van der Waals surface area contributed by atoms with Crippen molar-refractivity contribution in [1.82, 2.24) is 19.9 Å². The Morgan fingerprint density at radius 3 is 2.94 bits per heavy atom. The molecule has 0 spiro atoms. The van der Waals surface area contributed by atoms with E-state index in [1.165, 1.54) is 0 Å². The lowest BCUT2D eigenvalue weighted by atomic mass is 10.0. The van der Waals surface area contributed by atoms with Crippen LogP contribution < -0.4 is 11.3 Å². The van der Waals surface area contributed by atoms with Crippen molar-refractivity contribution in [3.8, 4) is 0 Å². The van der Waals surface area contributed by atoms with Crippen LogP contribution in [0.4, 0.5) is 0 Å². The predicted octanol–water partition coefficient (Wildman–Crippen LogP) is -0.287. The molecule has 94 valence electrons. The monoisotopic (exact) mass is 237 g/mol. The first kappa shape index (κ1) is 12.1. The Morgan fingerprint density at radius 2 is 2.29 bits per heavy atom. The molecule has 0 fully saturated rings. The molecule has 1 aliphatic heterocycles. The van der Waals surface area contributed by atoms with Gasteiger partial charge in [-0.25, -0.2) is 10.8 Å². The van der Waals surface area contributed by atoms with E-state index in [1.54, 1.807) is 6.20 Å². The predicted molar refractivity (Wildman–Crippen MR) is 63.6 cm³/mol. The van der Waals surface area contributed by atoms with Gasteiger partial charge in [-0.2, -0.15) is 0 Å². The third-order valence-electron chi connectivity index (χ3n) is 3.21. The van der Waals surface area contributed by atoms with Gasteiger partial charge in [0.1, 0.15) is 5.82 Å². The molecule has 0 aromatic carbocycles. The fourth-order valence-corrected chi connectivity index (χ4v) is 2.41. The molecule has 0 saturated heterocycles. The zero-order chi connectivity index (χ0) is 12.4. The van der Waals surface area contributed by atoms with E-state index in [0.29, 0.717) is 6.54 Å². The Bertz CT molecular complexity index is 400. The van der Waals surface area contributed by atoms with E-state index < -0.39 is 0 Å². The van der Waals surface area contributed by atoms with Crippen molar-refractivity contribution in [1.29, 1.82) is 0 Å². The average molecular weight is 237 g/mol. The number of aromatic nitrogens is 2. The van der Waals surface area contributed by atoms with Gasteiger partial charge in [0.05, 0.1) is 12.6 Å². The quantitative estimate of drug-likeness (QED) is 0.430. The lowest BCUT2D eigenvalue weighted by molar-refractivity contribution is -0.128.